The van der Waals surface area contributed by atoms with Gasteiger partial charge in [0, 0.05) is 38.6 Å². The van der Waals surface area contributed by atoms with Gasteiger partial charge in [-0.15, -0.1) is 0 Å². The number of hydrogen-bond acceptors (Lipinski definition) is 7. The predicted molar refractivity (Wildman–Crippen MR) is 109 cm³/mol. The molecule has 0 bridgehead atoms. The minimum atomic E-state index is -0.754. The molecule has 2 heterocycles. The Morgan fingerprint density at radius 1 is 1.18 bits per heavy atom. The first-order chi connectivity index (χ1) is 13.6. The number of ether oxygens (including phenoxy) is 2. The van der Waals surface area contributed by atoms with Gasteiger partial charge in [0.15, 0.2) is 0 Å². The van der Waals surface area contributed by atoms with Crippen molar-refractivity contribution in [2.45, 2.75) is 25.5 Å². The van der Waals surface area contributed by atoms with Crippen molar-refractivity contribution < 1.29 is 14.6 Å². The third kappa shape index (κ3) is 5.89. The summed E-state index contributed by atoms with van der Waals surface area (Å²) in [7, 11) is 2.03. The van der Waals surface area contributed by atoms with Crippen LogP contribution in [0.5, 0.6) is 5.75 Å². The molecule has 1 aromatic carbocycles. The Labute approximate surface area is 166 Å². The van der Waals surface area contributed by atoms with Gasteiger partial charge in [-0.05, 0) is 44.2 Å². The molecular formula is C21H30N4O3. The first-order valence-corrected chi connectivity index (χ1v) is 9.80. The summed E-state index contributed by atoms with van der Waals surface area (Å²) in [6, 6.07) is 9.89. The van der Waals surface area contributed by atoms with Crippen LogP contribution >= 0.6 is 0 Å². The first kappa shape index (κ1) is 20.5. The van der Waals surface area contributed by atoms with E-state index in [1.807, 2.05) is 31.0 Å². The molecule has 152 valence electrons. The highest BCUT2D eigenvalue weighted by Gasteiger charge is 2.37. The summed E-state index contributed by atoms with van der Waals surface area (Å²) in [5.74, 6) is 1.53. The number of benzene rings is 1. The van der Waals surface area contributed by atoms with Crippen molar-refractivity contribution in [2.75, 3.05) is 51.4 Å². The Bertz CT molecular complexity index is 713. The summed E-state index contributed by atoms with van der Waals surface area (Å²) >= 11 is 0. The fourth-order valence-corrected chi connectivity index (χ4v) is 3.53. The lowest BCUT2D eigenvalue weighted by Gasteiger charge is -2.29. The highest BCUT2D eigenvalue weighted by atomic mass is 16.5. The van der Waals surface area contributed by atoms with Crippen molar-refractivity contribution in [1.29, 1.82) is 0 Å². The molecule has 1 fully saturated rings. The Hall–Kier alpha value is -2.22. The van der Waals surface area contributed by atoms with E-state index < -0.39 is 5.60 Å². The molecule has 28 heavy (non-hydrogen) atoms. The van der Waals surface area contributed by atoms with Gasteiger partial charge in [-0.1, -0.05) is 12.1 Å². The Kier molecular flexibility index (Phi) is 7.19. The van der Waals surface area contributed by atoms with Crippen molar-refractivity contribution >= 4 is 5.95 Å². The van der Waals surface area contributed by atoms with E-state index in [1.54, 1.807) is 18.5 Å². The van der Waals surface area contributed by atoms with E-state index in [4.69, 9.17) is 9.47 Å². The van der Waals surface area contributed by atoms with Crippen molar-refractivity contribution in [3.8, 4) is 5.75 Å². The predicted octanol–water partition coefficient (Wildman–Crippen LogP) is 1.97. The van der Waals surface area contributed by atoms with Gasteiger partial charge < -0.3 is 19.5 Å². The number of hydrogen-bond donors (Lipinski definition) is 1. The third-order valence-electron chi connectivity index (χ3n) is 4.81. The molecule has 2 aromatic rings. The van der Waals surface area contributed by atoms with Crippen LogP contribution in [0.15, 0.2) is 42.7 Å². The van der Waals surface area contributed by atoms with E-state index in [2.05, 4.69) is 27.0 Å². The molecular weight excluding hydrogens is 356 g/mol. The molecule has 1 aliphatic heterocycles. The molecule has 7 heteroatoms. The second-order valence-corrected chi connectivity index (χ2v) is 7.31. The average Bonchev–Trinajstić information content (AvgIpc) is 3.09. The van der Waals surface area contributed by atoms with Crippen LogP contribution < -0.4 is 9.64 Å². The van der Waals surface area contributed by atoms with Crippen molar-refractivity contribution in [1.82, 2.24) is 14.9 Å². The number of rotatable bonds is 10. The summed E-state index contributed by atoms with van der Waals surface area (Å²) in [6.07, 6.45) is 4.17. The second kappa shape index (κ2) is 9.82. The molecule has 1 atom stereocenters. The van der Waals surface area contributed by atoms with Gasteiger partial charge in [-0.3, -0.25) is 4.90 Å². The van der Waals surface area contributed by atoms with E-state index in [0.717, 1.165) is 18.8 Å². The zero-order valence-electron chi connectivity index (χ0n) is 16.8. The minimum Gasteiger partial charge on any atom is -0.491 e. The van der Waals surface area contributed by atoms with Crippen LogP contribution in [0.3, 0.4) is 0 Å². The van der Waals surface area contributed by atoms with Gasteiger partial charge in [0.1, 0.15) is 12.4 Å². The number of aliphatic hydroxyl groups is 1. The van der Waals surface area contributed by atoms with Crippen molar-refractivity contribution in [3.05, 3.63) is 48.3 Å². The number of aromatic nitrogens is 2. The maximum absolute atomic E-state index is 11.0. The second-order valence-electron chi connectivity index (χ2n) is 7.31. The van der Waals surface area contributed by atoms with Gasteiger partial charge >= 0.3 is 0 Å². The van der Waals surface area contributed by atoms with Crippen molar-refractivity contribution in [3.63, 3.8) is 0 Å². The molecule has 0 unspecified atom stereocenters. The minimum absolute atomic E-state index is 0.550. The first-order valence-electron chi connectivity index (χ1n) is 9.80. The molecule has 1 aromatic heterocycles. The summed E-state index contributed by atoms with van der Waals surface area (Å²) in [5, 5.41) is 11.0. The molecule has 0 saturated carbocycles. The van der Waals surface area contributed by atoms with Crippen LogP contribution in [0.4, 0.5) is 5.95 Å². The van der Waals surface area contributed by atoms with Crippen LogP contribution in [0.1, 0.15) is 18.9 Å². The maximum atomic E-state index is 11.0. The van der Waals surface area contributed by atoms with Crippen LogP contribution in [-0.2, 0) is 11.3 Å². The zero-order chi connectivity index (χ0) is 19.8. The Morgan fingerprint density at radius 3 is 2.64 bits per heavy atom. The van der Waals surface area contributed by atoms with E-state index in [1.165, 1.54) is 5.56 Å². The van der Waals surface area contributed by atoms with Gasteiger partial charge in [-0.2, -0.15) is 0 Å². The topological polar surface area (TPSA) is 71.0 Å². The maximum Gasteiger partial charge on any atom is 0.225 e. The number of β-amino-alcohol motifs (C(OH)–C–C–N with tert-alkyl or cyclic N) is 1. The Morgan fingerprint density at radius 2 is 1.93 bits per heavy atom. The average molecular weight is 386 g/mol. The summed E-state index contributed by atoms with van der Waals surface area (Å²) in [5.41, 5.74) is 0.431. The summed E-state index contributed by atoms with van der Waals surface area (Å²) < 4.78 is 10.9. The van der Waals surface area contributed by atoms with Crippen LogP contribution in [0, 0.1) is 0 Å². The fourth-order valence-electron chi connectivity index (χ4n) is 3.53. The summed E-state index contributed by atoms with van der Waals surface area (Å²) in [6.45, 7) is 6.52. The lowest BCUT2D eigenvalue weighted by Crippen LogP contribution is -2.43. The molecule has 7 nitrogen and oxygen atoms in total. The van der Waals surface area contributed by atoms with Gasteiger partial charge in [-0.25, -0.2) is 9.97 Å². The quantitative estimate of drug-likeness (QED) is 0.626. The van der Waals surface area contributed by atoms with Gasteiger partial charge in [0.2, 0.25) is 5.95 Å². The number of nitrogens with zero attached hydrogens (tertiary/aromatic N) is 4. The molecule has 0 radical (unpaired) electrons. The molecule has 0 aliphatic carbocycles. The molecule has 0 amide bonds. The normalized spacial score (nSPS) is 19.4. The SMILES string of the molecule is CCOCCOc1ccc(CN(C)C[C@@]2(O)CCN(c3ncccn3)C2)cc1. The van der Waals surface area contributed by atoms with E-state index >= 15 is 0 Å². The highest BCUT2D eigenvalue weighted by molar-refractivity contribution is 5.32. The molecule has 1 N–H and O–H groups in total. The number of anilines is 1. The largest absolute Gasteiger partial charge is 0.491 e. The van der Waals surface area contributed by atoms with Crippen LogP contribution in [0.2, 0.25) is 0 Å². The van der Waals surface area contributed by atoms with Crippen LogP contribution in [0.25, 0.3) is 0 Å². The number of likely N-dealkylation sites (N-methyl/N-ethyl adjacent to an activating group) is 1. The third-order valence-corrected chi connectivity index (χ3v) is 4.81. The molecule has 0 spiro atoms. The zero-order valence-corrected chi connectivity index (χ0v) is 16.8. The monoisotopic (exact) mass is 386 g/mol. The Balaban J connectivity index is 1.46. The lowest BCUT2D eigenvalue weighted by molar-refractivity contribution is 0.0279. The smallest absolute Gasteiger partial charge is 0.225 e. The molecule has 1 saturated heterocycles. The highest BCUT2D eigenvalue weighted by Crippen LogP contribution is 2.25. The summed E-state index contributed by atoms with van der Waals surface area (Å²) in [4.78, 5) is 12.8. The van der Waals surface area contributed by atoms with Gasteiger partial charge in [0.05, 0.1) is 18.8 Å². The molecule has 1 aliphatic rings. The van der Waals surface area contributed by atoms with E-state index in [0.29, 0.717) is 45.3 Å². The van der Waals surface area contributed by atoms with Crippen LogP contribution in [-0.4, -0.2) is 72.1 Å². The standard InChI is InChI=1S/C21H30N4O3/c1-3-27-13-14-28-19-7-5-18(6-8-19)15-24(2)16-21(26)9-12-25(17-21)20-22-10-4-11-23-20/h4-8,10-11,26H,3,9,12-17H2,1-2H3/t21-/m0/s1. The molecule has 3 rings (SSSR count). The van der Waals surface area contributed by atoms with Gasteiger partial charge in [0.25, 0.3) is 0 Å². The van der Waals surface area contributed by atoms with E-state index in [-0.39, 0.29) is 0 Å². The lowest BCUT2D eigenvalue weighted by atomic mass is 10.0. The van der Waals surface area contributed by atoms with Crippen molar-refractivity contribution in [2.24, 2.45) is 0 Å². The van der Waals surface area contributed by atoms with E-state index in [9.17, 15) is 5.11 Å². The fraction of sp³-hybridized carbons (Fsp3) is 0.524.